The third-order valence-electron chi connectivity index (χ3n) is 3.03. The third kappa shape index (κ3) is 3.56. The van der Waals surface area contributed by atoms with E-state index in [4.69, 9.17) is 4.74 Å². The molecule has 2 rings (SSSR count). The number of amides is 1. The van der Waals surface area contributed by atoms with Crippen LogP contribution < -0.4 is 10.1 Å². The lowest BCUT2D eigenvalue weighted by Crippen LogP contribution is -2.17. The molecule has 1 amide bonds. The third-order valence-corrected chi connectivity index (χ3v) is 3.03. The van der Waals surface area contributed by atoms with Gasteiger partial charge in [-0.15, -0.1) is 0 Å². The predicted octanol–water partition coefficient (Wildman–Crippen LogP) is 3.05. The smallest absolute Gasteiger partial charge is 0.259 e. The van der Waals surface area contributed by atoms with Crippen molar-refractivity contribution in [3.63, 3.8) is 0 Å². The molecule has 0 spiro atoms. The fourth-order valence-electron chi connectivity index (χ4n) is 2.21. The van der Waals surface area contributed by atoms with E-state index in [0.717, 1.165) is 5.75 Å². The predicted molar refractivity (Wildman–Crippen MR) is 81.8 cm³/mol. The van der Waals surface area contributed by atoms with Crippen molar-refractivity contribution in [3.05, 3.63) is 47.0 Å². The number of ether oxygens (including phenoxy) is 1. The molecule has 0 saturated heterocycles. The fourth-order valence-corrected chi connectivity index (χ4v) is 2.21. The largest absolute Gasteiger partial charge is 0.494 e. The Kier molecular flexibility index (Phi) is 4.52. The van der Waals surface area contributed by atoms with Crippen LogP contribution >= 0.6 is 0 Å². The van der Waals surface area contributed by atoms with Crippen molar-refractivity contribution in [1.29, 1.82) is 0 Å². The molecule has 0 bridgehead atoms. The number of carbonyl (C=O) groups excluding carboxylic acids is 1. The molecule has 0 atom stereocenters. The first-order valence-electron chi connectivity index (χ1n) is 6.87. The topological polar surface area (TPSA) is 64.1 Å². The van der Waals surface area contributed by atoms with Gasteiger partial charge in [-0.1, -0.05) is 0 Å². The molecule has 1 aromatic heterocycles. The second-order valence-electron chi connectivity index (χ2n) is 4.73. The maximum absolute atomic E-state index is 12.4. The van der Waals surface area contributed by atoms with Gasteiger partial charge in [-0.3, -0.25) is 4.79 Å². The highest BCUT2D eigenvalue weighted by atomic mass is 16.5. The Bertz CT molecular complexity index is 628. The first-order valence-corrected chi connectivity index (χ1v) is 6.87. The van der Waals surface area contributed by atoms with Crippen molar-refractivity contribution in [3.8, 4) is 5.75 Å². The van der Waals surface area contributed by atoms with Gasteiger partial charge in [0.25, 0.3) is 5.91 Å². The number of aromatic nitrogens is 2. The molecule has 21 heavy (non-hydrogen) atoms. The molecule has 5 heteroatoms. The minimum absolute atomic E-state index is 0.200. The van der Waals surface area contributed by atoms with Crippen LogP contribution in [0.15, 0.2) is 24.3 Å². The van der Waals surface area contributed by atoms with Crippen LogP contribution in [-0.4, -0.2) is 22.5 Å². The fraction of sp³-hybridized carbons (Fsp3) is 0.312. The van der Waals surface area contributed by atoms with Crippen LogP contribution in [0.25, 0.3) is 0 Å². The Morgan fingerprint density at radius 3 is 2.19 bits per heavy atom. The van der Waals surface area contributed by atoms with Gasteiger partial charge in [0, 0.05) is 5.69 Å². The second-order valence-corrected chi connectivity index (χ2v) is 4.73. The average molecular weight is 285 g/mol. The molecule has 0 aliphatic heterocycles. The van der Waals surface area contributed by atoms with E-state index in [1.807, 2.05) is 52.0 Å². The SMILES string of the molecule is CCOc1ccc(NC(=O)c2c(C)nc(C)nc2C)cc1. The molecule has 0 aliphatic carbocycles. The van der Waals surface area contributed by atoms with Gasteiger partial charge in [0.1, 0.15) is 11.6 Å². The molecule has 2 aromatic rings. The number of anilines is 1. The van der Waals surface area contributed by atoms with Crippen LogP contribution in [0.5, 0.6) is 5.75 Å². The number of rotatable bonds is 4. The Balaban J connectivity index is 2.18. The monoisotopic (exact) mass is 285 g/mol. The van der Waals surface area contributed by atoms with E-state index in [1.54, 1.807) is 0 Å². The average Bonchev–Trinajstić information content (AvgIpc) is 2.40. The summed E-state index contributed by atoms with van der Waals surface area (Å²) >= 11 is 0. The minimum atomic E-state index is -0.200. The molecule has 0 saturated carbocycles. The van der Waals surface area contributed by atoms with Crippen molar-refractivity contribution in [2.75, 3.05) is 11.9 Å². The maximum Gasteiger partial charge on any atom is 0.259 e. The van der Waals surface area contributed by atoms with Gasteiger partial charge in [-0.25, -0.2) is 9.97 Å². The summed E-state index contributed by atoms with van der Waals surface area (Å²) in [6, 6.07) is 7.26. The van der Waals surface area contributed by atoms with Gasteiger partial charge in [-0.05, 0) is 52.0 Å². The standard InChI is InChI=1S/C16H19N3O2/c1-5-21-14-8-6-13(7-9-14)19-16(20)15-10(2)17-12(4)18-11(15)3/h6-9H,5H2,1-4H3,(H,19,20). The number of nitrogens with zero attached hydrogens (tertiary/aromatic N) is 2. The van der Waals surface area contributed by atoms with Crippen LogP contribution in [-0.2, 0) is 0 Å². The number of aryl methyl sites for hydroxylation is 3. The van der Waals surface area contributed by atoms with Crippen molar-refractivity contribution in [2.45, 2.75) is 27.7 Å². The summed E-state index contributed by atoms with van der Waals surface area (Å²) in [6.07, 6.45) is 0. The Hall–Kier alpha value is -2.43. The van der Waals surface area contributed by atoms with Gasteiger partial charge in [0.15, 0.2) is 0 Å². The quantitative estimate of drug-likeness (QED) is 0.937. The van der Waals surface area contributed by atoms with Crippen LogP contribution in [0, 0.1) is 20.8 Å². The first-order chi connectivity index (χ1) is 10.0. The van der Waals surface area contributed by atoms with Crippen LogP contribution in [0.2, 0.25) is 0 Å². The van der Waals surface area contributed by atoms with Crippen molar-refractivity contribution in [2.24, 2.45) is 0 Å². The molecule has 0 radical (unpaired) electrons. The zero-order valence-electron chi connectivity index (χ0n) is 12.7. The summed E-state index contributed by atoms with van der Waals surface area (Å²) in [5, 5.41) is 2.85. The number of benzene rings is 1. The van der Waals surface area contributed by atoms with E-state index in [9.17, 15) is 4.79 Å². The van der Waals surface area contributed by atoms with Crippen molar-refractivity contribution >= 4 is 11.6 Å². The zero-order valence-corrected chi connectivity index (χ0v) is 12.7. The number of hydrogen-bond donors (Lipinski definition) is 1. The Labute approximate surface area is 124 Å². The minimum Gasteiger partial charge on any atom is -0.494 e. The van der Waals surface area contributed by atoms with E-state index in [2.05, 4.69) is 15.3 Å². The van der Waals surface area contributed by atoms with Crippen LogP contribution in [0.1, 0.15) is 34.5 Å². The number of carbonyl (C=O) groups is 1. The summed E-state index contributed by atoms with van der Waals surface area (Å²) < 4.78 is 5.37. The zero-order chi connectivity index (χ0) is 15.4. The molecule has 0 unspecified atom stereocenters. The van der Waals surface area contributed by atoms with Gasteiger partial charge in [0.2, 0.25) is 0 Å². The molecular formula is C16H19N3O2. The first kappa shape index (κ1) is 15.0. The van der Waals surface area contributed by atoms with E-state index in [1.165, 1.54) is 0 Å². The summed E-state index contributed by atoms with van der Waals surface area (Å²) in [5.41, 5.74) is 2.60. The normalized spacial score (nSPS) is 10.3. The number of nitrogens with one attached hydrogen (secondary N) is 1. The van der Waals surface area contributed by atoms with E-state index >= 15 is 0 Å². The molecule has 0 aliphatic rings. The van der Waals surface area contributed by atoms with Gasteiger partial charge >= 0.3 is 0 Å². The maximum atomic E-state index is 12.4. The highest BCUT2D eigenvalue weighted by molar-refractivity contribution is 6.05. The second kappa shape index (κ2) is 6.35. The number of hydrogen-bond acceptors (Lipinski definition) is 4. The molecular weight excluding hydrogens is 266 g/mol. The summed E-state index contributed by atoms with van der Waals surface area (Å²) in [4.78, 5) is 20.8. The summed E-state index contributed by atoms with van der Waals surface area (Å²) in [5.74, 6) is 1.25. The van der Waals surface area contributed by atoms with Crippen LogP contribution in [0.4, 0.5) is 5.69 Å². The van der Waals surface area contributed by atoms with E-state index < -0.39 is 0 Å². The summed E-state index contributed by atoms with van der Waals surface area (Å²) in [7, 11) is 0. The van der Waals surface area contributed by atoms with Crippen LogP contribution in [0.3, 0.4) is 0 Å². The van der Waals surface area contributed by atoms with Crippen molar-refractivity contribution < 1.29 is 9.53 Å². The molecule has 0 fully saturated rings. The molecule has 1 N–H and O–H groups in total. The van der Waals surface area contributed by atoms with E-state index in [0.29, 0.717) is 35.1 Å². The lowest BCUT2D eigenvalue weighted by atomic mass is 10.1. The highest BCUT2D eigenvalue weighted by Gasteiger charge is 2.15. The van der Waals surface area contributed by atoms with Gasteiger partial charge in [-0.2, -0.15) is 0 Å². The lowest BCUT2D eigenvalue weighted by Gasteiger charge is -2.10. The van der Waals surface area contributed by atoms with Gasteiger partial charge < -0.3 is 10.1 Å². The molecule has 1 aromatic carbocycles. The molecule has 5 nitrogen and oxygen atoms in total. The summed E-state index contributed by atoms with van der Waals surface area (Å²) in [6.45, 7) is 7.99. The Morgan fingerprint density at radius 2 is 1.67 bits per heavy atom. The van der Waals surface area contributed by atoms with Gasteiger partial charge in [0.05, 0.1) is 23.6 Å². The van der Waals surface area contributed by atoms with Crippen molar-refractivity contribution in [1.82, 2.24) is 9.97 Å². The lowest BCUT2D eigenvalue weighted by molar-refractivity contribution is 0.102. The Morgan fingerprint density at radius 1 is 1.10 bits per heavy atom. The highest BCUT2D eigenvalue weighted by Crippen LogP contribution is 2.18. The molecule has 1 heterocycles. The van der Waals surface area contributed by atoms with E-state index in [-0.39, 0.29) is 5.91 Å². The molecule has 110 valence electrons.